The molecule has 1 amide bonds. The lowest BCUT2D eigenvalue weighted by Gasteiger charge is -2.33. The quantitative estimate of drug-likeness (QED) is 0.671. The number of piperidine rings is 1. The van der Waals surface area contributed by atoms with E-state index in [-0.39, 0.29) is 11.9 Å². The average Bonchev–Trinajstić information content (AvgIpc) is 3.48. The van der Waals surface area contributed by atoms with E-state index in [0.29, 0.717) is 24.7 Å². The second kappa shape index (κ2) is 7.62. The van der Waals surface area contributed by atoms with Crippen molar-refractivity contribution >= 4 is 22.9 Å². The Morgan fingerprint density at radius 3 is 2.67 bits per heavy atom. The van der Waals surface area contributed by atoms with E-state index in [0.717, 1.165) is 47.9 Å². The number of rotatable bonds is 6. The van der Waals surface area contributed by atoms with Crippen molar-refractivity contribution in [3.05, 3.63) is 24.5 Å². The smallest absolute Gasteiger partial charge is 0.222 e. The molecule has 0 radical (unpaired) electrons. The van der Waals surface area contributed by atoms with Crippen LogP contribution in [0.5, 0.6) is 0 Å². The number of carbonyl (C=O) groups excluding carboxylic acids is 1. The fourth-order valence-corrected chi connectivity index (χ4v) is 4.08. The molecule has 2 fully saturated rings. The van der Waals surface area contributed by atoms with Crippen molar-refractivity contribution in [2.45, 2.75) is 52.1 Å². The summed E-state index contributed by atoms with van der Waals surface area (Å²) in [4.78, 5) is 36.7. The zero-order valence-electron chi connectivity index (χ0n) is 17.4. The molecule has 0 spiro atoms. The highest BCUT2D eigenvalue weighted by Crippen LogP contribution is 2.31. The van der Waals surface area contributed by atoms with E-state index < -0.39 is 0 Å². The average molecular weight is 406 g/mol. The number of aromatic nitrogens is 6. The summed E-state index contributed by atoms with van der Waals surface area (Å²) < 4.78 is 2.06. The van der Waals surface area contributed by atoms with Crippen LogP contribution >= 0.6 is 0 Å². The molecule has 1 aliphatic heterocycles. The van der Waals surface area contributed by atoms with E-state index in [1.54, 1.807) is 18.7 Å². The number of anilines is 1. The number of imidazole rings is 1. The number of aryl methyl sites for hydroxylation is 2. The van der Waals surface area contributed by atoms with E-state index in [2.05, 4.69) is 36.7 Å². The van der Waals surface area contributed by atoms with Crippen LogP contribution in [0.1, 0.15) is 38.4 Å². The van der Waals surface area contributed by atoms with Gasteiger partial charge in [0.2, 0.25) is 5.91 Å². The van der Waals surface area contributed by atoms with Crippen LogP contribution in [0.4, 0.5) is 5.82 Å². The minimum atomic E-state index is 0.164. The second-order valence-corrected chi connectivity index (χ2v) is 8.22. The first-order chi connectivity index (χ1) is 14.6. The molecule has 9 heteroatoms. The molecule has 1 N–H and O–H groups in total. The lowest BCUT2D eigenvalue weighted by atomic mass is 10.0. The van der Waals surface area contributed by atoms with Crippen LogP contribution in [-0.2, 0) is 11.3 Å². The molecule has 4 heterocycles. The molecule has 1 saturated carbocycles. The van der Waals surface area contributed by atoms with Gasteiger partial charge in [-0.3, -0.25) is 4.79 Å². The molecule has 3 aromatic heterocycles. The van der Waals surface area contributed by atoms with Crippen molar-refractivity contribution in [1.29, 1.82) is 0 Å². The van der Waals surface area contributed by atoms with Crippen LogP contribution in [0.25, 0.3) is 22.6 Å². The summed E-state index contributed by atoms with van der Waals surface area (Å²) in [5.41, 5.74) is 2.37. The van der Waals surface area contributed by atoms with Crippen molar-refractivity contribution in [2.24, 2.45) is 5.92 Å². The van der Waals surface area contributed by atoms with E-state index in [4.69, 9.17) is 4.98 Å². The van der Waals surface area contributed by atoms with Crippen molar-refractivity contribution in [1.82, 2.24) is 34.4 Å². The molecule has 0 aromatic carbocycles. The first-order valence-corrected chi connectivity index (χ1v) is 10.7. The van der Waals surface area contributed by atoms with Crippen molar-refractivity contribution in [3.8, 4) is 11.4 Å². The lowest BCUT2D eigenvalue weighted by molar-refractivity contribution is -0.133. The molecule has 30 heavy (non-hydrogen) atoms. The highest BCUT2D eigenvalue weighted by Gasteiger charge is 2.31. The molecule has 1 aliphatic carbocycles. The number of nitrogens with one attached hydrogen (secondary N) is 1. The molecule has 156 valence electrons. The summed E-state index contributed by atoms with van der Waals surface area (Å²) in [6, 6.07) is 0.164. The monoisotopic (exact) mass is 406 g/mol. The summed E-state index contributed by atoms with van der Waals surface area (Å²) in [7, 11) is 0. The summed E-state index contributed by atoms with van der Waals surface area (Å²) in [6.45, 7) is 6.26. The highest BCUT2D eigenvalue weighted by atomic mass is 16.2. The summed E-state index contributed by atoms with van der Waals surface area (Å²) in [5.74, 6) is 3.18. The third-order valence-corrected chi connectivity index (χ3v) is 5.90. The van der Waals surface area contributed by atoms with Gasteiger partial charge in [-0.1, -0.05) is 0 Å². The summed E-state index contributed by atoms with van der Waals surface area (Å²) in [5, 5.41) is 3.54. The normalized spacial score (nSPS) is 19.5. The largest absolute Gasteiger partial charge is 0.364 e. The van der Waals surface area contributed by atoms with Crippen molar-refractivity contribution in [3.63, 3.8) is 0 Å². The Bertz CT molecular complexity index is 1070. The van der Waals surface area contributed by atoms with Crippen LogP contribution < -0.4 is 5.32 Å². The van der Waals surface area contributed by atoms with E-state index in [1.165, 1.54) is 12.8 Å². The molecule has 3 aromatic rings. The Labute approximate surface area is 175 Å². The number of nitrogens with zero attached hydrogens (tertiary/aromatic N) is 7. The number of carbonyl (C=O) groups is 1. The Kier molecular flexibility index (Phi) is 4.80. The number of fused-ring (bicyclic) bond motifs is 1. The van der Waals surface area contributed by atoms with Gasteiger partial charge in [0, 0.05) is 44.5 Å². The van der Waals surface area contributed by atoms with E-state index in [1.807, 2.05) is 11.8 Å². The standard InChI is InChI=1S/C21H26N8O/c1-3-29-20(15-8-22-13(2)23-9-15)27-18-19(24-12-25-21(18)29)26-16-6-7-17(30)28(11-16)10-14-4-5-14/h8-9,12,14,16H,3-7,10-11H2,1-2H3,(H,24,25,26). The third kappa shape index (κ3) is 3.59. The summed E-state index contributed by atoms with van der Waals surface area (Å²) >= 11 is 0. The molecular formula is C21H26N8O. The molecule has 0 bridgehead atoms. The van der Waals surface area contributed by atoms with E-state index in [9.17, 15) is 4.79 Å². The fourth-order valence-electron chi connectivity index (χ4n) is 4.08. The van der Waals surface area contributed by atoms with Gasteiger partial charge in [-0.15, -0.1) is 0 Å². The molecule has 1 atom stereocenters. The Hall–Kier alpha value is -3.10. The van der Waals surface area contributed by atoms with Gasteiger partial charge >= 0.3 is 0 Å². The maximum absolute atomic E-state index is 12.3. The second-order valence-electron chi connectivity index (χ2n) is 8.22. The summed E-state index contributed by atoms with van der Waals surface area (Å²) in [6.07, 6.45) is 9.02. The van der Waals surface area contributed by atoms with Gasteiger partial charge in [-0.2, -0.15) is 0 Å². The van der Waals surface area contributed by atoms with Gasteiger partial charge < -0.3 is 14.8 Å². The van der Waals surface area contributed by atoms with Crippen LogP contribution in [0.3, 0.4) is 0 Å². The molecule has 5 rings (SSSR count). The Morgan fingerprint density at radius 1 is 1.13 bits per heavy atom. The van der Waals surface area contributed by atoms with Crippen LogP contribution in [0, 0.1) is 12.8 Å². The van der Waals surface area contributed by atoms with Gasteiger partial charge in [-0.05, 0) is 39.0 Å². The predicted octanol–water partition coefficient (Wildman–Crippen LogP) is 2.42. The molecule has 1 saturated heterocycles. The number of hydrogen-bond donors (Lipinski definition) is 1. The molecule has 2 aliphatic rings. The van der Waals surface area contributed by atoms with Gasteiger partial charge in [-0.25, -0.2) is 24.9 Å². The van der Waals surface area contributed by atoms with Gasteiger partial charge in [0.15, 0.2) is 17.0 Å². The SMILES string of the molecule is CCn1c(-c2cnc(C)nc2)nc2c(NC3CCC(=O)N(CC4CC4)C3)ncnc21. The highest BCUT2D eigenvalue weighted by molar-refractivity contribution is 5.86. The topological polar surface area (TPSA) is 102 Å². The maximum Gasteiger partial charge on any atom is 0.222 e. The third-order valence-electron chi connectivity index (χ3n) is 5.90. The predicted molar refractivity (Wildman–Crippen MR) is 113 cm³/mol. The van der Waals surface area contributed by atoms with E-state index >= 15 is 0 Å². The Morgan fingerprint density at radius 2 is 1.93 bits per heavy atom. The van der Waals surface area contributed by atoms with Crippen molar-refractivity contribution < 1.29 is 4.79 Å². The lowest BCUT2D eigenvalue weighted by Crippen LogP contribution is -2.46. The zero-order valence-corrected chi connectivity index (χ0v) is 17.4. The number of amides is 1. The minimum Gasteiger partial charge on any atom is -0.364 e. The van der Waals surface area contributed by atoms with Crippen LogP contribution in [0.2, 0.25) is 0 Å². The molecular weight excluding hydrogens is 380 g/mol. The zero-order chi connectivity index (χ0) is 20.7. The first-order valence-electron chi connectivity index (χ1n) is 10.7. The van der Waals surface area contributed by atoms with Gasteiger partial charge in [0.1, 0.15) is 18.0 Å². The van der Waals surface area contributed by atoms with Crippen LogP contribution in [-0.4, -0.2) is 59.4 Å². The number of likely N-dealkylation sites (tertiary alicyclic amines) is 1. The molecule has 9 nitrogen and oxygen atoms in total. The first kappa shape index (κ1) is 18.9. The van der Waals surface area contributed by atoms with Gasteiger partial charge in [0.05, 0.1) is 5.56 Å². The van der Waals surface area contributed by atoms with Gasteiger partial charge in [0.25, 0.3) is 0 Å². The minimum absolute atomic E-state index is 0.164. The Balaban J connectivity index is 1.44. The number of hydrogen-bond acceptors (Lipinski definition) is 7. The van der Waals surface area contributed by atoms with Crippen molar-refractivity contribution in [2.75, 3.05) is 18.4 Å². The molecule has 1 unspecified atom stereocenters. The van der Waals surface area contributed by atoms with Crippen LogP contribution in [0.15, 0.2) is 18.7 Å². The maximum atomic E-state index is 12.3. The fraction of sp³-hybridized carbons (Fsp3) is 0.524.